The summed E-state index contributed by atoms with van der Waals surface area (Å²) in [7, 11) is 0. The zero-order valence-corrected chi connectivity index (χ0v) is 12.7. The summed E-state index contributed by atoms with van der Waals surface area (Å²) in [6, 6.07) is 8.84. The highest BCUT2D eigenvalue weighted by molar-refractivity contribution is 6.17. The van der Waals surface area contributed by atoms with Gasteiger partial charge in [-0.2, -0.15) is 0 Å². The molecule has 0 aliphatic heterocycles. The minimum atomic E-state index is 0.458. The van der Waals surface area contributed by atoms with Crippen molar-refractivity contribution >= 4 is 33.5 Å². The van der Waals surface area contributed by atoms with Crippen molar-refractivity contribution in [2.24, 2.45) is 0 Å². The Bertz CT molecular complexity index is 787. The normalized spacial score (nSPS) is 16.8. The van der Waals surface area contributed by atoms with Crippen molar-refractivity contribution in [3.8, 4) is 0 Å². The molecule has 3 aromatic rings. The van der Waals surface area contributed by atoms with Crippen LogP contribution in [0.5, 0.6) is 0 Å². The fourth-order valence-electron chi connectivity index (χ4n) is 3.60. The Morgan fingerprint density at radius 3 is 2.71 bits per heavy atom. The van der Waals surface area contributed by atoms with E-state index in [0.717, 1.165) is 16.9 Å². The third kappa shape index (κ3) is 2.11. The van der Waals surface area contributed by atoms with E-state index in [1.807, 2.05) is 12.3 Å². The number of halogens is 1. The third-order valence-corrected chi connectivity index (χ3v) is 4.79. The van der Waals surface area contributed by atoms with Crippen molar-refractivity contribution < 1.29 is 0 Å². The SMILES string of the molecule is ClCc1nc2cnc3ccccc3c2n1C1CCCCC1. The number of hydrogen-bond acceptors (Lipinski definition) is 2. The second-order valence-corrected chi connectivity index (χ2v) is 6.10. The molecular formula is C17H18ClN3. The summed E-state index contributed by atoms with van der Waals surface area (Å²) in [5.41, 5.74) is 3.21. The van der Waals surface area contributed by atoms with E-state index in [-0.39, 0.29) is 0 Å². The lowest BCUT2D eigenvalue weighted by atomic mass is 9.95. The van der Waals surface area contributed by atoms with Gasteiger partial charge in [0.15, 0.2) is 0 Å². The topological polar surface area (TPSA) is 30.7 Å². The third-order valence-electron chi connectivity index (χ3n) is 4.56. The van der Waals surface area contributed by atoms with Crippen LogP contribution in [0.15, 0.2) is 30.5 Å². The Morgan fingerprint density at radius 1 is 1.10 bits per heavy atom. The highest BCUT2D eigenvalue weighted by Crippen LogP contribution is 2.35. The number of pyridine rings is 1. The van der Waals surface area contributed by atoms with E-state index in [1.54, 1.807) is 0 Å². The number of aromatic nitrogens is 3. The minimum Gasteiger partial charge on any atom is -0.323 e. The number of para-hydroxylation sites is 1. The van der Waals surface area contributed by atoms with Gasteiger partial charge in [-0.05, 0) is 18.9 Å². The molecule has 2 aromatic heterocycles. The molecule has 0 radical (unpaired) electrons. The summed E-state index contributed by atoms with van der Waals surface area (Å²) in [5.74, 6) is 1.44. The van der Waals surface area contributed by atoms with Gasteiger partial charge in [0, 0.05) is 11.4 Å². The monoisotopic (exact) mass is 299 g/mol. The lowest BCUT2D eigenvalue weighted by molar-refractivity contribution is 0.355. The van der Waals surface area contributed by atoms with Crippen molar-refractivity contribution in [1.82, 2.24) is 14.5 Å². The van der Waals surface area contributed by atoms with E-state index < -0.39 is 0 Å². The first-order chi connectivity index (χ1) is 10.4. The average Bonchev–Trinajstić information content (AvgIpc) is 2.94. The molecule has 0 bridgehead atoms. The van der Waals surface area contributed by atoms with Gasteiger partial charge < -0.3 is 4.57 Å². The molecule has 3 nitrogen and oxygen atoms in total. The summed E-state index contributed by atoms with van der Waals surface area (Å²) in [4.78, 5) is 9.25. The maximum atomic E-state index is 6.17. The van der Waals surface area contributed by atoms with Crippen LogP contribution in [0.25, 0.3) is 21.9 Å². The van der Waals surface area contributed by atoms with Gasteiger partial charge in [0.25, 0.3) is 0 Å². The van der Waals surface area contributed by atoms with Gasteiger partial charge >= 0.3 is 0 Å². The molecular weight excluding hydrogens is 282 g/mol. The highest BCUT2D eigenvalue weighted by atomic mass is 35.5. The molecule has 1 aromatic carbocycles. The van der Waals surface area contributed by atoms with Crippen molar-refractivity contribution in [3.63, 3.8) is 0 Å². The van der Waals surface area contributed by atoms with Crippen molar-refractivity contribution in [3.05, 3.63) is 36.3 Å². The number of alkyl halides is 1. The minimum absolute atomic E-state index is 0.458. The zero-order valence-electron chi connectivity index (χ0n) is 11.9. The summed E-state index contributed by atoms with van der Waals surface area (Å²) in [6.07, 6.45) is 8.29. The Morgan fingerprint density at radius 2 is 1.90 bits per heavy atom. The van der Waals surface area contributed by atoms with Gasteiger partial charge in [0.05, 0.1) is 23.1 Å². The van der Waals surface area contributed by atoms with Crippen LogP contribution in [0.2, 0.25) is 0 Å². The molecule has 0 N–H and O–H groups in total. The van der Waals surface area contributed by atoms with E-state index in [0.29, 0.717) is 11.9 Å². The standard InChI is InChI=1S/C17H18ClN3/c18-10-16-20-15-11-19-14-9-5-4-8-13(14)17(15)21(16)12-6-2-1-3-7-12/h4-5,8-9,11-12H,1-3,6-7,10H2. The van der Waals surface area contributed by atoms with Gasteiger partial charge in [-0.3, -0.25) is 4.98 Å². The quantitative estimate of drug-likeness (QED) is 0.635. The van der Waals surface area contributed by atoms with Gasteiger partial charge in [-0.15, -0.1) is 11.6 Å². The van der Waals surface area contributed by atoms with Crippen LogP contribution < -0.4 is 0 Å². The molecule has 108 valence electrons. The second-order valence-electron chi connectivity index (χ2n) is 5.83. The van der Waals surface area contributed by atoms with E-state index in [9.17, 15) is 0 Å². The first kappa shape index (κ1) is 13.1. The molecule has 0 spiro atoms. The fourth-order valence-corrected chi connectivity index (χ4v) is 3.79. The number of nitrogens with zero attached hydrogens (tertiary/aromatic N) is 3. The summed E-state index contributed by atoms with van der Waals surface area (Å²) >= 11 is 6.17. The number of hydrogen-bond donors (Lipinski definition) is 0. The average molecular weight is 300 g/mol. The molecule has 1 fully saturated rings. The lowest BCUT2D eigenvalue weighted by Gasteiger charge is -2.25. The first-order valence-electron chi connectivity index (χ1n) is 7.69. The highest BCUT2D eigenvalue weighted by Gasteiger charge is 2.22. The van der Waals surface area contributed by atoms with Gasteiger partial charge in [-0.1, -0.05) is 37.5 Å². The van der Waals surface area contributed by atoms with E-state index in [2.05, 4.69) is 27.8 Å². The fraction of sp³-hybridized carbons (Fsp3) is 0.412. The Labute approximate surface area is 129 Å². The molecule has 0 unspecified atom stereocenters. The number of fused-ring (bicyclic) bond motifs is 3. The summed E-state index contributed by atoms with van der Waals surface area (Å²) in [5, 5.41) is 1.18. The van der Waals surface area contributed by atoms with Crippen LogP contribution in [-0.4, -0.2) is 14.5 Å². The number of imidazole rings is 1. The van der Waals surface area contributed by atoms with Crippen LogP contribution in [0.3, 0.4) is 0 Å². The molecule has 4 heteroatoms. The molecule has 0 amide bonds. The van der Waals surface area contributed by atoms with Crippen molar-refractivity contribution in [2.75, 3.05) is 0 Å². The van der Waals surface area contributed by atoms with Gasteiger partial charge in [0.2, 0.25) is 0 Å². The predicted octanol–water partition coefficient (Wildman–Crippen LogP) is 4.83. The van der Waals surface area contributed by atoms with Crippen LogP contribution in [0.4, 0.5) is 0 Å². The Balaban J connectivity index is 2.03. The van der Waals surface area contributed by atoms with E-state index in [4.69, 9.17) is 16.6 Å². The van der Waals surface area contributed by atoms with Crippen molar-refractivity contribution in [1.29, 1.82) is 0 Å². The molecule has 1 aliphatic rings. The Hall–Kier alpha value is -1.61. The molecule has 2 heterocycles. The van der Waals surface area contributed by atoms with Gasteiger partial charge in [0.1, 0.15) is 11.3 Å². The maximum absolute atomic E-state index is 6.17. The first-order valence-corrected chi connectivity index (χ1v) is 8.22. The van der Waals surface area contributed by atoms with E-state index >= 15 is 0 Å². The van der Waals surface area contributed by atoms with Crippen LogP contribution >= 0.6 is 11.6 Å². The number of rotatable bonds is 2. The molecule has 21 heavy (non-hydrogen) atoms. The molecule has 1 aliphatic carbocycles. The van der Waals surface area contributed by atoms with Crippen LogP contribution in [0.1, 0.15) is 44.0 Å². The van der Waals surface area contributed by atoms with Gasteiger partial charge in [-0.25, -0.2) is 4.98 Å². The summed E-state index contributed by atoms with van der Waals surface area (Å²) < 4.78 is 2.39. The second kappa shape index (κ2) is 5.30. The Kier molecular flexibility index (Phi) is 3.30. The number of benzene rings is 1. The van der Waals surface area contributed by atoms with Crippen molar-refractivity contribution in [2.45, 2.75) is 44.0 Å². The van der Waals surface area contributed by atoms with Crippen LogP contribution in [-0.2, 0) is 5.88 Å². The molecule has 1 saturated carbocycles. The maximum Gasteiger partial charge on any atom is 0.125 e. The molecule has 0 atom stereocenters. The van der Waals surface area contributed by atoms with E-state index in [1.165, 1.54) is 43.0 Å². The smallest absolute Gasteiger partial charge is 0.125 e. The lowest BCUT2D eigenvalue weighted by Crippen LogP contribution is -2.15. The molecule has 4 rings (SSSR count). The largest absolute Gasteiger partial charge is 0.323 e. The predicted molar refractivity (Wildman–Crippen MR) is 86.7 cm³/mol. The zero-order chi connectivity index (χ0) is 14.2. The molecule has 0 saturated heterocycles. The summed E-state index contributed by atoms with van der Waals surface area (Å²) in [6.45, 7) is 0. The van der Waals surface area contributed by atoms with Crippen LogP contribution in [0, 0.1) is 0 Å².